The van der Waals surface area contributed by atoms with Crippen LogP contribution in [0.4, 0.5) is 5.69 Å². The normalized spacial score (nSPS) is 12.4. The van der Waals surface area contributed by atoms with E-state index in [-0.39, 0.29) is 5.91 Å². The minimum atomic E-state index is -0.180. The molecule has 132 valence electrons. The Balaban J connectivity index is 1.74. The molecule has 0 unspecified atom stereocenters. The van der Waals surface area contributed by atoms with Gasteiger partial charge in [-0.25, -0.2) is 0 Å². The zero-order valence-electron chi connectivity index (χ0n) is 15.0. The van der Waals surface area contributed by atoms with Crippen LogP contribution in [0.1, 0.15) is 35.5 Å². The number of benzene rings is 2. The molecule has 3 aromatic rings. The van der Waals surface area contributed by atoms with Crippen molar-refractivity contribution in [3.63, 3.8) is 0 Å². The molecule has 0 spiro atoms. The lowest BCUT2D eigenvalue weighted by Gasteiger charge is -2.05. The van der Waals surface area contributed by atoms with E-state index in [9.17, 15) is 4.79 Å². The van der Waals surface area contributed by atoms with E-state index in [2.05, 4.69) is 20.5 Å². The lowest BCUT2D eigenvalue weighted by Crippen LogP contribution is -2.12. The molecule has 0 atom stereocenters. The van der Waals surface area contributed by atoms with E-state index >= 15 is 0 Å². The van der Waals surface area contributed by atoms with Gasteiger partial charge >= 0.3 is 0 Å². The third-order valence-corrected chi connectivity index (χ3v) is 3.94. The van der Waals surface area contributed by atoms with Crippen LogP contribution in [0.25, 0.3) is 10.9 Å². The quantitative estimate of drug-likeness (QED) is 0.380. The predicted octanol–water partition coefficient (Wildman–Crippen LogP) is 3.83. The maximum atomic E-state index is 12.5. The van der Waals surface area contributed by atoms with Crippen molar-refractivity contribution in [1.29, 1.82) is 0 Å². The average Bonchev–Trinajstić information content (AvgIpc) is 3.03. The molecule has 1 aromatic heterocycles. The third kappa shape index (κ3) is 3.97. The molecule has 0 aliphatic heterocycles. The minimum absolute atomic E-state index is 0.180. The summed E-state index contributed by atoms with van der Waals surface area (Å²) in [7, 11) is 0. The van der Waals surface area contributed by atoms with Crippen LogP contribution in [0, 0.1) is 6.92 Å². The Bertz CT molecular complexity index is 1010. The molecule has 0 saturated carbocycles. The molecule has 6 nitrogen and oxygen atoms in total. The third-order valence-electron chi connectivity index (χ3n) is 3.94. The number of anilines is 1. The van der Waals surface area contributed by atoms with E-state index in [4.69, 9.17) is 5.73 Å². The summed E-state index contributed by atoms with van der Waals surface area (Å²) in [5.74, 6) is 0.224. The van der Waals surface area contributed by atoms with Gasteiger partial charge in [0.05, 0.1) is 5.71 Å². The zero-order valence-corrected chi connectivity index (χ0v) is 15.0. The van der Waals surface area contributed by atoms with E-state index in [0.717, 1.165) is 27.7 Å². The summed E-state index contributed by atoms with van der Waals surface area (Å²) < 4.78 is 0. The summed E-state index contributed by atoms with van der Waals surface area (Å²) in [5, 5.41) is 11.8. The van der Waals surface area contributed by atoms with Gasteiger partial charge in [-0.05, 0) is 56.2 Å². The lowest BCUT2D eigenvalue weighted by atomic mass is 10.1. The topological polar surface area (TPSA) is 95.6 Å². The van der Waals surface area contributed by atoms with Crippen molar-refractivity contribution in [2.24, 2.45) is 15.9 Å². The number of fused-ring (bicyclic) bond motifs is 1. The van der Waals surface area contributed by atoms with Crippen molar-refractivity contribution in [1.82, 2.24) is 4.98 Å². The molecule has 4 N–H and O–H groups in total. The van der Waals surface area contributed by atoms with E-state index in [1.165, 1.54) is 0 Å². The highest BCUT2D eigenvalue weighted by Gasteiger charge is 2.10. The lowest BCUT2D eigenvalue weighted by molar-refractivity contribution is 0.102. The van der Waals surface area contributed by atoms with Crippen LogP contribution < -0.4 is 11.1 Å². The molecule has 2 aromatic carbocycles. The Kier molecular flexibility index (Phi) is 4.84. The summed E-state index contributed by atoms with van der Waals surface area (Å²) in [6.45, 7) is 5.56. The summed E-state index contributed by atoms with van der Waals surface area (Å²) in [6.07, 6.45) is 0. The van der Waals surface area contributed by atoms with Gasteiger partial charge in [0.25, 0.3) is 5.91 Å². The molecular weight excluding hydrogens is 326 g/mol. The summed E-state index contributed by atoms with van der Waals surface area (Å²) in [4.78, 5) is 15.6. The number of amides is 1. The largest absolute Gasteiger partial charge is 0.386 e. The standard InChI is InChI=1S/C20H21N5O/c1-12-4-5-16-11-19(23-18(16)10-12)20(26)22-17-8-6-15(7-9-17)13(2)24-25-14(3)21/h4-11,23H,1-3H3,(H2,21,25)(H,22,26)/b24-13-. The number of hydrogen-bond donors (Lipinski definition) is 3. The van der Waals surface area contributed by atoms with Gasteiger partial charge < -0.3 is 16.0 Å². The number of aromatic amines is 1. The Morgan fingerprint density at radius 2 is 1.77 bits per heavy atom. The fourth-order valence-electron chi connectivity index (χ4n) is 2.57. The second-order valence-corrected chi connectivity index (χ2v) is 6.23. The molecule has 0 bridgehead atoms. The second-order valence-electron chi connectivity index (χ2n) is 6.23. The number of nitrogens with two attached hydrogens (primary N) is 1. The van der Waals surface area contributed by atoms with Crippen molar-refractivity contribution in [3.05, 3.63) is 65.4 Å². The average molecular weight is 347 g/mol. The van der Waals surface area contributed by atoms with Crippen molar-refractivity contribution in [2.45, 2.75) is 20.8 Å². The van der Waals surface area contributed by atoms with Gasteiger partial charge in [0.2, 0.25) is 0 Å². The number of aromatic nitrogens is 1. The highest BCUT2D eigenvalue weighted by Crippen LogP contribution is 2.18. The van der Waals surface area contributed by atoms with Gasteiger partial charge in [0.1, 0.15) is 11.5 Å². The van der Waals surface area contributed by atoms with Crippen LogP contribution in [0.2, 0.25) is 0 Å². The van der Waals surface area contributed by atoms with Crippen molar-refractivity contribution in [3.8, 4) is 0 Å². The second kappa shape index (κ2) is 7.23. The van der Waals surface area contributed by atoms with Crippen molar-refractivity contribution in [2.75, 3.05) is 5.32 Å². The van der Waals surface area contributed by atoms with Gasteiger partial charge in [0.15, 0.2) is 0 Å². The maximum Gasteiger partial charge on any atom is 0.272 e. The van der Waals surface area contributed by atoms with Gasteiger partial charge in [0, 0.05) is 16.6 Å². The maximum absolute atomic E-state index is 12.5. The van der Waals surface area contributed by atoms with E-state index in [1.54, 1.807) is 6.92 Å². The highest BCUT2D eigenvalue weighted by atomic mass is 16.1. The zero-order chi connectivity index (χ0) is 18.7. The summed E-state index contributed by atoms with van der Waals surface area (Å²) >= 11 is 0. The number of amidine groups is 1. The first kappa shape index (κ1) is 17.4. The van der Waals surface area contributed by atoms with Gasteiger partial charge in [-0.3, -0.25) is 4.79 Å². The van der Waals surface area contributed by atoms with E-state index in [1.807, 2.05) is 62.4 Å². The molecule has 3 rings (SSSR count). The predicted molar refractivity (Wildman–Crippen MR) is 107 cm³/mol. The van der Waals surface area contributed by atoms with Crippen LogP contribution in [0.5, 0.6) is 0 Å². The number of aryl methyl sites for hydroxylation is 1. The van der Waals surface area contributed by atoms with Crippen molar-refractivity contribution < 1.29 is 4.79 Å². The number of carbonyl (C=O) groups is 1. The Labute approximate surface area is 151 Å². The smallest absolute Gasteiger partial charge is 0.272 e. The van der Waals surface area contributed by atoms with Crippen LogP contribution in [-0.4, -0.2) is 22.4 Å². The molecule has 0 aliphatic rings. The molecule has 0 saturated heterocycles. The number of nitrogens with one attached hydrogen (secondary N) is 2. The van der Waals surface area contributed by atoms with Crippen LogP contribution in [-0.2, 0) is 0 Å². The summed E-state index contributed by atoms with van der Waals surface area (Å²) in [5.41, 5.74) is 10.5. The van der Waals surface area contributed by atoms with E-state index < -0.39 is 0 Å². The molecule has 0 radical (unpaired) electrons. The Morgan fingerprint density at radius 1 is 1.04 bits per heavy atom. The first-order valence-corrected chi connectivity index (χ1v) is 8.28. The molecule has 6 heteroatoms. The molecule has 1 heterocycles. The first-order chi connectivity index (χ1) is 12.4. The summed E-state index contributed by atoms with van der Waals surface area (Å²) in [6, 6.07) is 15.3. The number of carbonyl (C=O) groups excluding carboxylic acids is 1. The molecule has 1 amide bonds. The number of hydrogen-bond acceptors (Lipinski definition) is 3. The minimum Gasteiger partial charge on any atom is -0.386 e. The monoisotopic (exact) mass is 347 g/mol. The first-order valence-electron chi connectivity index (χ1n) is 8.28. The van der Waals surface area contributed by atoms with Crippen LogP contribution >= 0.6 is 0 Å². The number of nitrogens with zero attached hydrogens (tertiary/aromatic N) is 2. The SMILES string of the molecule is CC(N)=N/N=C(/C)c1ccc(NC(=O)c2cc3ccc(C)cc3[nH]2)cc1. The Morgan fingerprint density at radius 3 is 2.46 bits per heavy atom. The number of H-pyrrole nitrogens is 1. The molecule has 26 heavy (non-hydrogen) atoms. The fourth-order valence-corrected chi connectivity index (χ4v) is 2.57. The Hall–Kier alpha value is -3.41. The van der Waals surface area contributed by atoms with E-state index in [0.29, 0.717) is 17.2 Å². The molecule has 0 fully saturated rings. The fraction of sp³-hybridized carbons (Fsp3) is 0.150. The van der Waals surface area contributed by atoms with Crippen LogP contribution in [0.3, 0.4) is 0 Å². The number of rotatable bonds is 4. The molecule has 0 aliphatic carbocycles. The highest BCUT2D eigenvalue weighted by molar-refractivity contribution is 6.06. The molecular formula is C20H21N5O. The van der Waals surface area contributed by atoms with Gasteiger partial charge in [-0.2, -0.15) is 5.10 Å². The van der Waals surface area contributed by atoms with Gasteiger partial charge in [-0.1, -0.05) is 24.3 Å². The van der Waals surface area contributed by atoms with Crippen LogP contribution in [0.15, 0.2) is 58.7 Å². The van der Waals surface area contributed by atoms with Crippen molar-refractivity contribution >= 4 is 34.0 Å². The van der Waals surface area contributed by atoms with Gasteiger partial charge in [-0.15, -0.1) is 5.10 Å².